The monoisotopic (exact) mass is 316 g/mol. The molecule has 1 saturated heterocycles. The van der Waals surface area contributed by atoms with E-state index in [1.165, 1.54) is 32.1 Å². The summed E-state index contributed by atoms with van der Waals surface area (Å²) in [4.78, 5) is 9.65. The van der Waals surface area contributed by atoms with E-state index in [0.717, 1.165) is 22.7 Å². The van der Waals surface area contributed by atoms with Crippen LogP contribution in [0.4, 0.5) is 0 Å². The Bertz CT molecular complexity index is 556. The van der Waals surface area contributed by atoms with E-state index < -0.39 is 0 Å². The number of nitrogens with zero attached hydrogens (tertiary/aromatic N) is 2. The van der Waals surface area contributed by atoms with Crippen molar-refractivity contribution in [1.29, 1.82) is 0 Å². The minimum absolute atomic E-state index is 0.335. The van der Waals surface area contributed by atoms with Crippen LogP contribution in [0.3, 0.4) is 0 Å². The van der Waals surface area contributed by atoms with Gasteiger partial charge in [0.15, 0.2) is 0 Å². The molecule has 0 N–H and O–H groups in total. The Morgan fingerprint density at radius 3 is 1.83 bits per heavy atom. The fourth-order valence-electron chi connectivity index (χ4n) is 3.60. The quantitative estimate of drug-likeness (QED) is 0.784. The lowest BCUT2D eigenvalue weighted by Gasteiger charge is -2.32. The fraction of sp³-hybridized carbons (Fsp3) is 0.778. The Morgan fingerprint density at radius 1 is 0.870 bits per heavy atom. The second-order valence-electron chi connectivity index (χ2n) is 8.09. The van der Waals surface area contributed by atoms with Crippen molar-refractivity contribution in [2.24, 2.45) is 0 Å². The van der Waals surface area contributed by atoms with E-state index in [4.69, 9.17) is 19.3 Å². The third-order valence-electron chi connectivity index (χ3n) is 5.80. The maximum atomic E-state index is 6.19. The van der Waals surface area contributed by atoms with E-state index in [1.807, 2.05) is 0 Å². The maximum absolute atomic E-state index is 6.19. The highest BCUT2D eigenvalue weighted by Crippen LogP contribution is 2.37. The summed E-state index contributed by atoms with van der Waals surface area (Å²) in [7, 11) is -0.375. The zero-order valence-corrected chi connectivity index (χ0v) is 15.4. The van der Waals surface area contributed by atoms with Crippen LogP contribution in [0.5, 0.6) is 0 Å². The number of hydrogen-bond donors (Lipinski definition) is 0. The van der Waals surface area contributed by atoms with E-state index in [2.05, 4.69) is 41.5 Å². The summed E-state index contributed by atoms with van der Waals surface area (Å²) in [6.45, 7) is 12.4. The molecule has 2 fully saturated rings. The van der Waals surface area contributed by atoms with Crippen LogP contribution in [0.2, 0.25) is 0 Å². The normalized spacial score (nSPS) is 24.2. The standard InChI is InChI=1S/C18H29BN2O2/c1-12-15(19-22-17(3,4)18(5,6)23-19)13(2)21-16(20-12)14-10-8-7-9-11-14/h14H,7-11H2,1-6H3. The molecule has 23 heavy (non-hydrogen) atoms. The van der Waals surface area contributed by atoms with Crippen LogP contribution in [0.25, 0.3) is 0 Å². The fourth-order valence-corrected chi connectivity index (χ4v) is 3.60. The molecule has 2 heterocycles. The molecule has 0 atom stereocenters. The smallest absolute Gasteiger partial charge is 0.399 e. The summed E-state index contributed by atoms with van der Waals surface area (Å²) in [6, 6.07) is 0. The highest BCUT2D eigenvalue weighted by molar-refractivity contribution is 6.63. The van der Waals surface area contributed by atoms with Crippen molar-refractivity contribution < 1.29 is 9.31 Å². The number of rotatable bonds is 2. The minimum Gasteiger partial charge on any atom is -0.399 e. The lowest BCUT2D eigenvalue weighted by Crippen LogP contribution is -2.41. The average molecular weight is 316 g/mol. The third-order valence-corrected chi connectivity index (χ3v) is 5.80. The molecule has 1 aliphatic carbocycles. The molecule has 1 aromatic heterocycles. The first-order valence-electron chi connectivity index (χ1n) is 8.92. The van der Waals surface area contributed by atoms with Gasteiger partial charge in [0.25, 0.3) is 0 Å². The summed E-state index contributed by atoms with van der Waals surface area (Å²) >= 11 is 0. The molecule has 126 valence electrons. The first-order valence-corrected chi connectivity index (χ1v) is 8.92. The molecule has 0 spiro atoms. The van der Waals surface area contributed by atoms with Crippen molar-refractivity contribution in [3.63, 3.8) is 0 Å². The number of aryl methyl sites for hydroxylation is 2. The number of aromatic nitrogens is 2. The van der Waals surface area contributed by atoms with E-state index in [9.17, 15) is 0 Å². The molecule has 1 aromatic rings. The second kappa shape index (κ2) is 5.85. The lowest BCUT2D eigenvalue weighted by atomic mass is 9.76. The Hall–Kier alpha value is -0.935. The van der Waals surface area contributed by atoms with E-state index >= 15 is 0 Å². The largest absolute Gasteiger partial charge is 0.498 e. The van der Waals surface area contributed by atoms with E-state index in [-0.39, 0.29) is 18.3 Å². The van der Waals surface area contributed by atoms with Crippen molar-refractivity contribution in [2.45, 2.75) is 90.8 Å². The van der Waals surface area contributed by atoms with Gasteiger partial charge in [-0.2, -0.15) is 0 Å². The summed E-state index contributed by atoms with van der Waals surface area (Å²) in [6.07, 6.45) is 6.38. The topological polar surface area (TPSA) is 44.2 Å². The highest BCUT2D eigenvalue weighted by atomic mass is 16.7. The molecule has 0 bridgehead atoms. The van der Waals surface area contributed by atoms with Crippen molar-refractivity contribution >= 4 is 12.6 Å². The molecule has 4 nitrogen and oxygen atoms in total. The molecule has 3 rings (SSSR count). The Morgan fingerprint density at radius 2 is 1.35 bits per heavy atom. The second-order valence-corrected chi connectivity index (χ2v) is 8.09. The van der Waals surface area contributed by atoms with Crippen molar-refractivity contribution in [2.75, 3.05) is 0 Å². The van der Waals surface area contributed by atoms with Gasteiger partial charge in [0.2, 0.25) is 0 Å². The van der Waals surface area contributed by atoms with Gasteiger partial charge in [-0.3, -0.25) is 0 Å². The van der Waals surface area contributed by atoms with Gasteiger partial charge >= 0.3 is 7.12 Å². The summed E-state index contributed by atoms with van der Waals surface area (Å²) in [5.41, 5.74) is 2.33. The van der Waals surface area contributed by atoms with Crippen LogP contribution in [0.15, 0.2) is 0 Å². The van der Waals surface area contributed by atoms with Gasteiger partial charge in [0, 0.05) is 22.8 Å². The van der Waals surface area contributed by atoms with Crippen molar-refractivity contribution in [3.8, 4) is 0 Å². The molecular formula is C18H29BN2O2. The summed E-state index contributed by atoms with van der Waals surface area (Å²) < 4.78 is 12.4. The van der Waals surface area contributed by atoms with Gasteiger partial charge in [-0.05, 0) is 54.4 Å². The van der Waals surface area contributed by atoms with Gasteiger partial charge in [-0.1, -0.05) is 19.3 Å². The van der Waals surface area contributed by atoms with Gasteiger partial charge in [-0.15, -0.1) is 0 Å². The average Bonchev–Trinajstić information content (AvgIpc) is 2.67. The summed E-state index contributed by atoms with van der Waals surface area (Å²) in [5.74, 6) is 1.54. The minimum atomic E-state index is -0.375. The zero-order valence-electron chi connectivity index (χ0n) is 15.4. The molecule has 1 saturated carbocycles. The van der Waals surface area contributed by atoms with Crippen molar-refractivity contribution in [3.05, 3.63) is 17.2 Å². The molecule has 0 unspecified atom stereocenters. The van der Waals surface area contributed by atoms with Gasteiger partial charge < -0.3 is 9.31 Å². The first kappa shape index (κ1) is 16.9. The Balaban J connectivity index is 1.90. The predicted molar refractivity (Wildman–Crippen MR) is 93.0 cm³/mol. The van der Waals surface area contributed by atoms with Crippen LogP contribution in [0, 0.1) is 13.8 Å². The lowest BCUT2D eigenvalue weighted by molar-refractivity contribution is 0.00578. The number of hydrogen-bond acceptors (Lipinski definition) is 4. The van der Waals surface area contributed by atoms with Gasteiger partial charge in [-0.25, -0.2) is 9.97 Å². The van der Waals surface area contributed by atoms with Gasteiger partial charge in [0.05, 0.1) is 11.2 Å². The third kappa shape index (κ3) is 3.05. The summed E-state index contributed by atoms with van der Waals surface area (Å²) in [5, 5.41) is 0. The molecule has 0 amide bonds. The van der Waals surface area contributed by atoms with E-state index in [0.29, 0.717) is 5.92 Å². The SMILES string of the molecule is Cc1nc(C2CCCCC2)nc(C)c1B1OC(C)(C)C(C)(C)O1. The highest BCUT2D eigenvalue weighted by Gasteiger charge is 2.52. The molecule has 1 aliphatic heterocycles. The maximum Gasteiger partial charge on any atom is 0.498 e. The Kier molecular flexibility index (Phi) is 4.30. The van der Waals surface area contributed by atoms with E-state index in [1.54, 1.807) is 0 Å². The van der Waals surface area contributed by atoms with Crippen LogP contribution >= 0.6 is 0 Å². The zero-order chi connectivity index (χ0) is 16.8. The van der Waals surface area contributed by atoms with Crippen LogP contribution in [-0.2, 0) is 9.31 Å². The van der Waals surface area contributed by atoms with Crippen molar-refractivity contribution in [1.82, 2.24) is 9.97 Å². The first-order chi connectivity index (χ1) is 10.7. The molecule has 0 radical (unpaired) electrons. The van der Waals surface area contributed by atoms with Gasteiger partial charge in [0.1, 0.15) is 5.82 Å². The van der Waals surface area contributed by atoms with Crippen LogP contribution < -0.4 is 5.46 Å². The molecule has 0 aromatic carbocycles. The molecule has 5 heteroatoms. The predicted octanol–water partition coefficient (Wildman–Crippen LogP) is 3.44. The molecule has 2 aliphatic rings. The Labute approximate surface area is 140 Å². The molecular weight excluding hydrogens is 287 g/mol. The van der Waals surface area contributed by atoms with Crippen LogP contribution in [-0.4, -0.2) is 28.3 Å². The van der Waals surface area contributed by atoms with Crippen LogP contribution in [0.1, 0.15) is 82.9 Å².